The Balaban J connectivity index is 3.26. The van der Waals surface area contributed by atoms with Gasteiger partial charge < -0.3 is 9.84 Å². The lowest BCUT2D eigenvalue weighted by Gasteiger charge is -2.05. The van der Waals surface area contributed by atoms with Crippen LogP contribution < -0.4 is 4.74 Å². The van der Waals surface area contributed by atoms with Gasteiger partial charge in [0, 0.05) is 0 Å². The molecule has 0 atom stereocenters. The molecule has 0 bridgehead atoms. The second-order valence-corrected chi connectivity index (χ2v) is 2.75. The molecule has 1 aromatic heterocycles. The summed E-state index contributed by atoms with van der Waals surface area (Å²) in [5.74, 6) is -2.85. The minimum atomic E-state index is -1.45. The largest absolute Gasteiger partial charge is 0.478 e. The van der Waals surface area contributed by atoms with E-state index in [1.54, 1.807) is 6.92 Å². The second kappa shape index (κ2) is 4.23. The minimum Gasteiger partial charge on any atom is -0.478 e. The Labute approximate surface area is 84.3 Å². The van der Waals surface area contributed by atoms with E-state index < -0.39 is 17.3 Å². The lowest BCUT2D eigenvalue weighted by Crippen LogP contribution is -2.06. The van der Waals surface area contributed by atoms with Gasteiger partial charge in [-0.25, -0.2) is 9.78 Å². The molecular weight excluding hydrogens is 213 g/mol. The van der Waals surface area contributed by atoms with Gasteiger partial charge in [0.15, 0.2) is 0 Å². The molecule has 0 unspecified atom stereocenters. The minimum absolute atomic E-state index is 0.199. The second-order valence-electron chi connectivity index (χ2n) is 2.34. The number of halogens is 2. The Morgan fingerprint density at radius 2 is 2.43 bits per heavy atom. The molecule has 1 rings (SSSR count). The number of ether oxygens (including phenoxy) is 1. The van der Waals surface area contributed by atoms with E-state index in [0.717, 1.165) is 6.20 Å². The predicted octanol–water partition coefficient (Wildman–Crippen LogP) is 1.97. The maximum atomic E-state index is 13.3. The van der Waals surface area contributed by atoms with Crippen molar-refractivity contribution >= 4 is 17.6 Å². The van der Waals surface area contributed by atoms with Crippen LogP contribution in [0.25, 0.3) is 0 Å². The standard InChI is InChI=1S/C8H7ClFNO3/c1-2-14-7-6(10)5(8(12)13)4(9)3-11-7/h3H,2H2,1H3,(H,12,13). The fourth-order valence-electron chi connectivity index (χ4n) is 0.882. The highest BCUT2D eigenvalue weighted by atomic mass is 35.5. The summed E-state index contributed by atoms with van der Waals surface area (Å²) < 4.78 is 18.1. The van der Waals surface area contributed by atoms with Crippen LogP contribution in [0.5, 0.6) is 5.88 Å². The number of carbonyl (C=O) groups is 1. The summed E-state index contributed by atoms with van der Waals surface area (Å²) in [5.41, 5.74) is -0.620. The van der Waals surface area contributed by atoms with Crippen LogP contribution in [-0.2, 0) is 0 Å². The summed E-state index contributed by atoms with van der Waals surface area (Å²) in [6.07, 6.45) is 1.04. The molecule has 76 valence electrons. The van der Waals surface area contributed by atoms with E-state index in [2.05, 4.69) is 4.98 Å². The molecule has 0 aliphatic rings. The highest BCUT2D eigenvalue weighted by Gasteiger charge is 2.20. The molecule has 1 heterocycles. The molecule has 0 amide bonds. The lowest BCUT2D eigenvalue weighted by atomic mass is 10.2. The van der Waals surface area contributed by atoms with Gasteiger partial charge in [0.05, 0.1) is 17.8 Å². The maximum Gasteiger partial charge on any atom is 0.340 e. The van der Waals surface area contributed by atoms with E-state index in [4.69, 9.17) is 21.4 Å². The van der Waals surface area contributed by atoms with E-state index in [9.17, 15) is 9.18 Å². The van der Waals surface area contributed by atoms with Crippen LogP contribution in [0, 0.1) is 5.82 Å². The summed E-state index contributed by atoms with van der Waals surface area (Å²) in [7, 11) is 0. The van der Waals surface area contributed by atoms with Crippen molar-refractivity contribution in [2.75, 3.05) is 6.61 Å². The van der Waals surface area contributed by atoms with Crippen molar-refractivity contribution in [3.05, 3.63) is 22.6 Å². The van der Waals surface area contributed by atoms with Crippen LogP contribution in [0.2, 0.25) is 5.02 Å². The molecule has 0 spiro atoms. The molecule has 0 fully saturated rings. The van der Waals surface area contributed by atoms with Crippen molar-refractivity contribution in [1.82, 2.24) is 4.98 Å². The number of hydrogen-bond acceptors (Lipinski definition) is 3. The highest BCUT2D eigenvalue weighted by Crippen LogP contribution is 2.24. The first-order chi connectivity index (χ1) is 6.57. The smallest absolute Gasteiger partial charge is 0.340 e. The summed E-state index contributed by atoms with van der Waals surface area (Å²) in [4.78, 5) is 14.1. The van der Waals surface area contributed by atoms with Gasteiger partial charge in [-0.1, -0.05) is 11.6 Å². The number of rotatable bonds is 3. The van der Waals surface area contributed by atoms with Gasteiger partial charge in [0.1, 0.15) is 5.56 Å². The molecule has 0 radical (unpaired) electrons. The van der Waals surface area contributed by atoms with Crippen molar-refractivity contribution < 1.29 is 19.0 Å². The third-order valence-electron chi connectivity index (χ3n) is 1.44. The van der Waals surface area contributed by atoms with Crippen LogP contribution in [-0.4, -0.2) is 22.7 Å². The van der Waals surface area contributed by atoms with Gasteiger partial charge >= 0.3 is 5.97 Å². The normalized spacial score (nSPS) is 9.93. The topological polar surface area (TPSA) is 59.4 Å². The zero-order valence-corrected chi connectivity index (χ0v) is 8.01. The van der Waals surface area contributed by atoms with Crippen LogP contribution in [0.15, 0.2) is 6.20 Å². The summed E-state index contributed by atoms with van der Waals surface area (Å²) >= 11 is 5.46. The van der Waals surface area contributed by atoms with Gasteiger partial charge in [0.2, 0.25) is 5.82 Å². The van der Waals surface area contributed by atoms with Crippen molar-refractivity contribution in [1.29, 1.82) is 0 Å². The molecular formula is C8H7ClFNO3. The zero-order chi connectivity index (χ0) is 10.7. The Kier molecular flexibility index (Phi) is 3.24. The Bertz CT molecular complexity index is 370. The fourth-order valence-corrected chi connectivity index (χ4v) is 1.09. The average molecular weight is 220 g/mol. The molecule has 4 nitrogen and oxygen atoms in total. The number of hydrogen-bond donors (Lipinski definition) is 1. The van der Waals surface area contributed by atoms with Gasteiger partial charge in [-0.2, -0.15) is 4.39 Å². The Hall–Kier alpha value is -1.36. The number of aromatic nitrogens is 1. The van der Waals surface area contributed by atoms with Crippen LogP contribution in [0.3, 0.4) is 0 Å². The number of pyridine rings is 1. The van der Waals surface area contributed by atoms with E-state index in [1.165, 1.54) is 0 Å². The third-order valence-corrected chi connectivity index (χ3v) is 1.72. The molecule has 14 heavy (non-hydrogen) atoms. The van der Waals surface area contributed by atoms with Gasteiger partial charge in [0.25, 0.3) is 5.88 Å². The van der Waals surface area contributed by atoms with Crippen LogP contribution in [0.4, 0.5) is 4.39 Å². The Morgan fingerprint density at radius 1 is 1.79 bits per heavy atom. The number of carboxylic acids is 1. The summed E-state index contributed by atoms with van der Waals surface area (Å²) in [6.45, 7) is 1.83. The maximum absolute atomic E-state index is 13.3. The van der Waals surface area contributed by atoms with E-state index >= 15 is 0 Å². The lowest BCUT2D eigenvalue weighted by molar-refractivity contribution is 0.0690. The summed E-state index contributed by atoms with van der Waals surface area (Å²) in [6, 6.07) is 0. The quantitative estimate of drug-likeness (QED) is 0.844. The fraction of sp³-hybridized carbons (Fsp3) is 0.250. The SMILES string of the molecule is CCOc1ncc(Cl)c(C(=O)O)c1F. The predicted molar refractivity (Wildman–Crippen MR) is 47.3 cm³/mol. The van der Waals surface area contributed by atoms with Crippen molar-refractivity contribution in [2.45, 2.75) is 6.92 Å². The molecule has 0 aromatic carbocycles. The van der Waals surface area contributed by atoms with Crippen molar-refractivity contribution in [2.24, 2.45) is 0 Å². The number of carboxylic acid groups (broad SMARTS) is 1. The van der Waals surface area contributed by atoms with Crippen LogP contribution >= 0.6 is 11.6 Å². The van der Waals surface area contributed by atoms with Gasteiger partial charge in [-0.15, -0.1) is 0 Å². The number of aromatic carboxylic acids is 1. The molecule has 6 heteroatoms. The van der Waals surface area contributed by atoms with E-state index in [-0.39, 0.29) is 17.5 Å². The third kappa shape index (κ3) is 1.93. The van der Waals surface area contributed by atoms with Gasteiger partial charge in [-0.05, 0) is 6.92 Å². The monoisotopic (exact) mass is 219 g/mol. The van der Waals surface area contributed by atoms with Crippen molar-refractivity contribution in [3.63, 3.8) is 0 Å². The molecule has 0 aliphatic heterocycles. The van der Waals surface area contributed by atoms with Gasteiger partial charge in [-0.3, -0.25) is 0 Å². The van der Waals surface area contributed by atoms with Crippen molar-refractivity contribution in [3.8, 4) is 5.88 Å². The summed E-state index contributed by atoms with van der Waals surface area (Å²) in [5, 5.41) is 8.38. The molecule has 0 saturated heterocycles. The number of nitrogens with zero attached hydrogens (tertiary/aromatic N) is 1. The van der Waals surface area contributed by atoms with E-state index in [1.807, 2.05) is 0 Å². The van der Waals surface area contributed by atoms with Crippen LogP contribution in [0.1, 0.15) is 17.3 Å². The first-order valence-electron chi connectivity index (χ1n) is 3.78. The zero-order valence-electron chi connectivity index (χ0n) is 7.25. The highest BCUT2D eigenvalue weighted by molar-refractivity contribution is 6.33. The molecule has 0 aliphatic carbocycles. The first-order valence-corrected chi connectivity index (χ1v) is 4.15. The molecule has 1 N–H and O–H groups in total. The first kappa shape index (κ1) is 10.7. The van der Waals surface area contributed by atoms with E-state index in [0.29, 0.717) is 0 Å². The average Bonchev–Trinajstić information content (AvgIpc) is 2.10. The molecule has 1 aromatic rings. The Morgan fingerprint density at radius 3 is 2.93 bits per heavy atom. The molecule has 0 saturated carbocycles.